The molecular formula is C15H25N3O3. The van der Waals surface area contributed by atoms with Crippen LogP contribution >= 0.6 is 0 Å². The molecule has 1 saturated heterocycles. The molecule has 1 aromatic rings. The van der Waals surface area contributed by atoms with Gasteiger partial charge in [-0.2, -0.15) is 0 Å². The van der Waals surface area contributed by atoms with Crippen LogP contribution in [0.4, 0.5) is 0 Å². The lowest BCUT2D eigenvalue weighted by Gasteiger charge is -2.36. The molecule has 0 aliphatic carbocycles. The molecule has 0 bridgehead atoms. The Morgan fingerprint density at radius 1 is 1.48 bits per heavy atom. The lowest BCUT2D eigenvalue weighted by Crippen LogP contribution is -2.47. The second-order valence-electron chi connectivity index (χ2n) is 5.61. The molecule has 2 N–H and O–H groups in total. The number of rotatable bonds is 5. The average Bonchev–Trinajstić information content (AvgIpc) is 3.01. The molecule has 6 heteroatoms. The molecule has 0 aromatic carbocycles. The van der Waals surface area contributed by atoms with Crippen molar-refractivity contribution in [2.45, 2.75) is 19.4 Å². The van der Waals surface area contributed by atoms with Crippen LogP contribution in [0.15, 0.2) is 27.8 Å². The summed E-state index contributed by atoms with van der Waals surface area (Å²) in [4.78, 5) is 6.30. The van der Waals surface area contributed by atoms with E-state index in [0.29, 0.717) is 26.3 Å². The number of aliphatic imine (C=N–C) groups is 1. The lowest BCUT2D eigenvalue weighted by atomic mass is 9.81. The highest BCUT2D eigenvalue weighted by atomic mass is 16.5. The zero-order chi connectivity index (χ0) is 15.1. The minimum absolute atomic E-state index is 0.111. The quantitative estimate of drug-likeness (QED) is 0.628. The minimum Gasteiger partial charge on any atom is -0.467 e. The number of hydrogen-bond donors (Lipinski definition) is 2. The third-order valence-electron chi connectivity index (χ3n) is 4.06. The number of aliphatic hydroxyl groups excluding tert-OH is 1. The molecule has 0 amide bonds. The Bertz CT molecular complexity index is 439. The predicted octanol–water partition coefficient (Wildman–Crippen LogP) is 1.08. The van der Waals surface area contributed by atoms with Crippen molar-refractivity contribution in [3.63, 3.8) is 0 Å². The molecule has 1 aliphatic rings. The molecule has 0 radical (unpaired) electrons. The Kier molecular flexibility index (Phi) is 5.64. The molecule has 6 nitrogen and oxygen atoms in total. The number of ether oxygens (including phenoxy) is 1. The third kappa shape index (κ3) is 4.22. The first-order valence-electron chi connectivity index (χ1n) is 7.32. The van der Waals surface area contributed by atoms with Crippen molar-refractivity contribution in [2.24, 2.45) is 10.4 Å². The minimum atomic E-state index is -0.111. The van der Waals surface area contributed by atoms with E-state index >= 15 is 0 Å². The molecule has 0 saturated carbocycles. The van der Waals surface area contributed by atoms with Crippen molar-refractivity contribution in [1.82, 2.24) is 10.2 Å². The molecule has 1 aliphatic heterocycles. The average molecular weight is 295 g/mol. The molecule has 0 unspecified atom stereocenters. The normalized spacial score (nSPS) is 18.5. The van der Waals surface area contributed by atoms with E-state index in [0.717, 1.165) is 24.6 Å². The van der Waals surface area contributed by atoms with Gasteiger partial charge in [0.2, 0.25) is 0 Å². The molecule has 1 aromatic heterocycles. The van der Waals surface area contributed by atoms with Gasteiger partial charge in [-0.1, -0.05) is 0 Å². The summed E-state index contributed by atoms with van der Waals surface area (Å²) in [5.41, 5.74) is -0.111. The topological polar surface area (TPSA) is 70.2 Å². The van der Waals surface area contributed by atoms with Crippen molar-refractivity contribution in [1.29, 1.82) is 0 Å². The molecule has 2 rings (SSSR count). The zero-order valence-electron chi connectivity index (χ0n) is 12.8. The van der Waals surface area contributed by atoms with E-state index in [9.17, 15) is 5.11 Å². The maximum Gasteiger partial charge on any atom is 0.193 e. The number of furan rings is 1. The van der Waals surface area contributed by atoms with Crippen molar-refractivity contribution in [2.75, 3.05) is 40.5 Å². The van der Waals surface area contributed by atoms with Gasteiger partial charge >= 0.3 is 0 Å². The Balaban J connectivity index is 1.89. The summed E-state index contributed by atoms with van der Waals surface area (Å²) in [6.45, 7) is 2.94. The fourth-order valence-corrected chi connectivity index (χ4v) is 2.56. The summed E-state index contributed by atoms with van der Waals surface area (Å²) >= 11 is 0. The first kappa shape index (κ1) is 15.9. The molecule has 21 heavy (non-hydrogen) atoms. The van der Waals surface area contributed by atoms with Gasteiger partial charge in [-0.05, 0) is 25.0 Å². The van der Waals surface area contributed by atoms with Crippen molar-refractivity contribution < 1.29 is 14.3 Å². The van der Waals surface area contributed by atoms with E-state index in [1.807, 2.05) is 24.1 Å². The zero-order valence-corrected chi connectivity index (χ0v) is 12.8. The van der Waals surface area contributed by atoms with E-state index in [2.05, 4.69) is 10.3 Å². The summed E-state index contributed by atoms with van der Waals surface area (Å²) in [6, 6.07) is 3.82. The van der Waals surface area contributed by atoms with Gasteiger partial charge in [0.15, 0.2) is 5.96 Å². The molecular weight excluding hydrogens is 270 g/mol. The van der Waals surface area contributed by atoms with Crippen LogP contribution in [0, 0.1) is 5.41 Å². The number of guanidine groups is 1. The SMILES string of the molecule is CN=C(NCC1(CO)CCOCC1)N(C)Cc1ccco1. The first-order chi connectivity index (χ1) is 10.2. The summed E-state index contributed by atoms with van der Waals surface area (Å²) in [7, 11) is 3.73. The standard InChI is InChI=1S/C15H25N3O3/c1-16-14(18(2)10-13-4-3-7-21-13)17-11-15(12-19)5-8-20-9-6-15/h3-4,7,19H,5-6,8-12H2,1-2H3,(H,16,17). The van der Waals surface area contributed by atoms with Crippen molar-refractivity contribution in [3.05, 3.63) is 24.2 Å². The maximum absolute atomic E-state index is 9.71. The number of aliphatic hydroxyl groups is 1. The second-order valence-corrected chi connectivity index (χ2v) is 5.61. The lowest BCUT2D eigenvalue weighted by molar-refractivity contribution is -0.0134. The Hall–Kier alpha value is -1.53. The highest BCUT2D eigenvalue weighted by Gasteiger charge is 2.32. The molecule has 1 fully saturated rings. The van der Waals surface area contributed by atoms with Crippen LogP contribution in [-0.2, 0) is 11.3 Å². The Morgan fingerprint density at radius 3 is 2.81 bits per heavy atom. The van der Waals surface area contributed by atoms with Crippen molar-refractivity contribution >= 4 is 5.96 Å². The van der Waals surface area contributed by atoms with Gasteiger partial charge in [-0.15, -0.1) is 0 Å². The van der Waals surface area contributed by atoms with Gasteiger partial charge in [0.25, 0.3) is 0 Å². The van der Waals surface area contributed by atoms with Gasteiger partial charge < -0.3 is 24.5 Å². The van der Waals surface area contributed by atoms with Crippen molar-refractivity contribution in [3.8, 4) is 0 Å². The number of nitrogens with zero attached hydrogens (tertiary/aromatic N) is 2. The monoisotopic (exact) mass is 295 g/mol. The molecule has 118 valence electrons. The van der Waals surface area contributed by atoms with E-state index < -0.39 is 0 Å². The Labute approximate surface area is 125 Å². The second kappa shape index (κ2) is 7.47. The van der Waals surface area contributed by atoms with E-state index in [-0.39, 0.29) is 12.0 Å². The van der Waals surface area contributed by atoms with Gasteiger partial charge in [0.05, 0.1) is 19.4 Å². The van der Waals surface area contributed by atoms with Crippen LogP contribution in [0.25, 0.3) is 0 Å². The highest BCUT2D eigenvalue weighted by molar-refractivity contribution is 5.79. The molecule has 0 spiro atoms. The van der Waals surface area contributed by atoms with Crippen LogP contribution in [0.3, 0.4) is 0 Å². The van der Waals surface area contributed by atoms with E-state index in [1.54, 1.807) is 13.3 Å². The summed E-state index contributed by atoms with van der Waals surface area (Å²) in [5.74, 6) is 1.69. The first-order valence-corrected chi connectivity index (χ1v) is 7.32. The largest absolute Gasteiger partial charge is 0.467 e. The summed E-state index contributed by atoms with van der Waals surface area (Å²) in [5, 5.41) is 13.1. The molecule has 0 atom stereocenters. The number of nitrogens with one attached hydrogen (secondary N) is 1. The summed E-state index contributed by atoms with van der Waals surface area (Å²) < 4.78 is 10.7. The van der Waals surface area contributed by atoms with Gasteiger partial charge in [-0.3, -0.25) is 4.99 Å². The van der Waals surface area contributed by atoms with Gasteiger partial charge in [-0.25, -0.2) is 0 Å². The highest BCUT2D eigenvalue weighted by Crippen LogP contribution is 2.29. The Morgan fingerprint density at radius 2 is 2.24 bits per heavy atom. The third-order valence-corrected chi connectivity index (χ3v) is 4.06. The van der Waals surface area contributed by atoms with Crippen LogP contribution in [0.2, 0.25) is 0 Å². The maximum atomic E-state index is 9.71. The van der Waals surface area contributed by atoms with Crippen LogP contribution in [0.1, 0.15) is 18.6 Å². The van der Waals surface area contributed by atoms with Gasteiger partial charge in [0, 0.05) is 39.3 Å². The smallest absolute Gasteiger partial charge is 0.193 e. The fourth-order valence-electron chi connectivity index (χ4n) is 2.56. The van der Waals surface area contributed by atoms with Crippen LogP contribution in [0.5, 0.6) is 0 Å². The summed E-state index contributed by atoms with van der Waals surface area (Å²) in [6.07, 6.45) is 3.41. The fraction of sp³-hybridized carbons (Fsp3) is 0.667. The predicted molar refractivity (Wildman–Crippen MR) is 81.1 cm³/mol. The molecule has 2 heterocycles. The van der Waals surface area contributed by atoms with E-state index in [1.165, 1.54) is 0 Å². The van der Waals surface area contributed by atoms with Crippen LogP contribution in [-0.4, -0.2) is 56.4 Å². The number of hydrogen-bond acceptors (Lipinski definition) is 4. The van der Waals surface area contributed by atoms with Crippen LogP contribution < -0.4 is 5.32 Å². The van der Waals surface area contributed by atoms with Gasteiger partial charge in [0.1, 0.15) is 5.76 Å². The van der Waals surface area contributed by atoms with E-state index in [4.69, 9.17) is 9.15 Å².